The van der Waals surface area contributed by atoms with Gasteiger partial charge >= 0.3 is 11.9 Å². The zero-order valence-corrected chi connectivity index (χ0v) is 45.3. The van der Waals surface area contributed by atoms with Crippen LogP contribution in [0.1, 0.15) is 278 Å². The van der Waals surface area contributed by atoms with Crippen LogP contribution in [0.3, 0.4) is 0 Å². The van der Waals surface area contributed by atoms with Gasteiger partial charge in [0.05, 0.1) is 6.54 Å². The van der Waals surface area contributed by atoms with Crippen molar-refractivity contribution in [1.29, 1.82) is 0 Å². The Labute approximate surface area is 426 Å². The van der Waals surface area contributed by atoms with Gasteiger partial charge in [0.2, 0.25) is 5.91 Å². The number of benzene rings is 1. The van der Waals surface area contributed by atoms with Gasteiger partial charge in [-0.2, -0.15) is 0 Å². The highest BCUT2D eigenvalue weighted by Crippen LogP contribution is 2.20. The predicted octanol–water partition coefficient (Wildman–Crippen LogP) is 19.4. The highest BCUT2D eigenvalue weighted by molar-refractivity contribution is 5.93. The Kier molecular flexibility index (Phi) is 47.0. The molecule has 69 heavy (non-hydrogen) atoms. The number of esters is 2. The highest BCUT2D eigenvalue weighted by Gasteiger charge is 2.25. The number of carbonyl (C=O) groups excluding carboxylic acids is 3. The molecule has 0 bridgehead atoms. The van der Waals surface area contributed by atoms with E-state index in [0.717, 1.165) is 102 Å². The van der Waals surface area contributed by atoms with E-state index in [-0.39, 0.29) is 31.0 Å². The van der Waals surface area contributed by atoms with Crippen LogP contribution in [0.15, 0.2) is 78.9 Å². The Bertz CT molecular complexity index is 1420. The first kappa shape index (κ1) is 63.6. The number of carbonyl (C=O) groups is 3. The Morgan fingerprint density at radius 1 is 0.420 bits per heavy atom. The van der Waals surface area contributed by atoms with E-state index in [1.54, 1.807) is 4.90 Å². The van der Waals surface area contributed by atoms with Crippen LogP contribution in [0.25, 0.3) is 0 Å². The Morgan fingerprint density at radius 3 is 1.22 bits per heavy atom. The smallest absolute Gasteiger partial charge is 0.306 e. The normalized spacial score (nSPS) is 12.3. The SMILES string of the molecule is CCCCCC=CCC=CCCCCCCCC(=O)OCC(CN(C(=O)CCCCCCCC=CCCCCCCCC)c1ccccc1)OC(=O)CCCCCCCC=CCCCCCCCC. The zero-order valence-electron chi connectivity index (χ0n) is 45.3. The molecule has 0 aliphatic carbocycles. The Balaban J connectivity index is 2.61. The molecule has 0 aliphatic heterocycles. The lowest BCUT2D eigenvalue weighted by atomic mass is 10.1. The summed E-state index contributed by atoms with van der Waals surface area (Å²) in [5.41, 5.74) is 0.769. The van der Waals surface area contributed by atoms with Gasteiger partial charge < -0.3 is 14.4 Å². The van der Waals surface area contributed by atoms with Gasteiger partial charge in [0.25, 0.3) is 0 Å². The number of allylic oxidation sites excluding steroid dienone is 8. The number of anilines is 1. The zero-order chi connectivity index (χ0) is 49.8. The molecule has 0 spiro atoms. The fourth-order valence-electron chi connectivity index (χ4n) is 8.69. The molecule has 1 aromatic rings. The summed E-state index contributed by atoms with van der Waals surface area (Å²) in [5, 5.41) is 0. The maximum Gasteiger partial charge on any atom is 0.306 e. The number of ether oxygens (including phenoxy) is 2. The van der Waals surface area contributed by atoms with Gasteiger partial charge in [-0.05, 0) is 115 Å². The van der Waals surface area contributed by atoms with Crippen LogP contribution in [-0.4, -0.2) is 37.1 Å². The van der Waals surface area contributed by atoms with Gasteiger partial charge in [-0.25, -0.2) is 0 Å². The quantitative estimate of drug-likeness (QED) is 0.0370. The molecule has 0 aliphatic rings. The first-order chi connectivity index (χ1) is 34.0. The summed E-state index contributed by atoms with van der Waals surface area (Å²) < 4.78 is 11.8. The lowest BCUT2D eigenvalue weighted by Gasteiger charge is -2.28. The molecule has 6 nitrogen and oxygen atoms in total. The van der Waals surface area contributed by atoms with Crippen molar-refractivity contribution < 1.29 is 23.9 Å². The van der Waals surface area contributed by atoms with E-state index in [9.17, 15) is 14.4 Å². The number of amides is 1. The number of unbranched alkanes of at least 4 members (excludes halogenated alkanes) is 30. The molecule has 0 saturated carbocycles. The number of hydrogen-bond donors (Lipinski definition) is 0. The van der Waals surface area contributed by atoms with Crippen LogP contribution in [0.5, 0.6) is 0 Å². The van der Waals surface area contributed by atoms with Crippen LogP contribution in [0.4, 0.5) is 5.69 Å². The number of rotatable bonds is 50. The highest BCUT2D eigenvalue weighted by atomic mass is 16.6. The van der Waals surface area contributed by atoms with Crippen LogP contribution in [0.2, 0.25) is 0 Å². The predicted molar refractivity (Wildman–Crippen MR) is 298 cm³/mol. The van der Waals surface area contributed by atoms with Gasteiger partial charge in [-0.15, -0.1) is 0 Å². The van der Waals surface area contributed by atoms with Crippen molar-refractivity contribution in [2.24, 2.45) is 0 Å². The average molecular weight is 959 g/mol. The minimum atomic E-state index is -0.743. The van der Waals surface area contributed by atoms with Gasteiger partial charge in [-0.3, -0.25) is 14.4 Å². The van der Waals surface area contributed by atoms with Crippen molar-refractivity contribution in [3.8, 4) is 0 Å². The largest absolute Gasteiger partial charge is 0.462 e. The summed E-state index contributed by atoms with van der Waals surface area (Å²) in [6.07, 6.45) is 62.5. The average Bonchev–Trinajstić information content (AvgIpc) is 3.36. The van der Waals surface area contributed by atoms with Crippen molar-refractivity contribution in [2.45, 2.75) is 284 Å². The number of nitrogens with zero attached hydrogens (tertiary/aromatic N) is 1. The first-order valence-electron chi connectivity index (χ1n) is 29.3. The van der Waals surface area contributed by atoms with E-state index in [4.69, 9.17) is 9.47 Å². The molecule has 0 aromatic heterocycles. The van der Waals surface area contributed by atoms with Gasteiger partial charge in [-0.1, -0.05) is 222 Å². The van der Waals surface area contributed by atoms with Crippen LogP contribution in [-0.2, 0) is 23.9 Å². The molecule has 1 rings (SSSR count). The van der Waals surface area contributed by atoms with Crippen molar-refractivity contribution in [1.82, 2.24) is 0 Å². The first-order valence-corrected chi connectivity index (χ1v) is 29.3. The van der Waals surface area contributed by atoms with Gasteiger partial charge in [0, 0.05) is 24.9 Å². The molecule has 1 atom stereocenters. The lowest BCUT2D eigenvalue weighted by molar-refractivity contribution is -0.158. The standard InChI is InChI=1S/C63H107NO5/c1-4-7-10-13-16-19-22-25-28-31-34-37-40-43-49-54-61(65)64(59-52-47-46-48-53-59)57-60(69-63(67)56-51-45-42-39-36-33-30-27-24-21-18-15-12-9-6-3)58-68-62(66)55-50-44-41-38-35-32-29-26-23-20-17-14-11-8-5-2/h17,20,25-30,46-48,52-53,60H,4-16,18-19,21-24,31-45,49-51,54-58H2,1-3H3. The van der Waals surface area contributed by atoms with Crippen LogP contribution >= 0.6 is 0 Å². The van der Waals surface area contributed by atoms with E-state index in [0.29, 0.717) is 19.3 Å². The molecule has 0 radical (unpaired) electrons. The van der Waals surface area contributed by atoms with Crippen LogP contribution in [0, 0.1) is 0 Å². The molecular formula is C63H107NO5. The number of para-hydroxylation sites is 1. The maximum atomic E-state index is 13.9. The second-order valence-corrected chi connectivity index (χ2v) is 19.8. The molecule has 6 heteroatoms. The minimum absolute atomic E-state index is 0.00795. The van der Waals surface area contributed by atoms with E-state index < -0.39 is 6.10 Å². The third-order valence-electron chi connectivity index (χ3n) is 13.1. The Hall–Kier alpha value is -3.41. The van der Waals surface area contributed by atoms with Crippen molar-refractivity contribution in [2.75, 3.05) is 18.1 Å². The van der Waals surface area contributed by atoms with E-state index in [2.05, 4.69) is 69.4 Å². The summed E-state index contributed by atoms with van der Waals surface area (Å²) >= 11 is 0. The van der Waals surface area contributed by atoms with E-state index in [1.807, 2.05) is 30.3 Å². The molecule has 1 unspecified atom stereocenters. The summed E-state index contributed by atoms with van der Waals surface area (Å²) in [6.45, 7) is 6.88. The summed E-state index contributed by atoms with van der Waals surface area (Å²) in [4.78, 5) is 41.9. The fourth-order valence-corrected chi connectivity index (χ4v) is 8.69. The van der Waals surface area contributed by atoms with E-state index in [1.165, 1.54) is 141 Å². The maximum absolute atomic E-state index is 13.9. The summed E-state index contributed by atoms with van der Waals surface area (Å²) in [7, 11) is 0. The second kappa shape index (κ2) is 51.0. The van der Waals surface area contributed by atoms with Gasteiger partial charge in [0.1, 0.15) is 6.61 Å². The number of hydrogen-bond acceptors (Lipinski definition) is 5. The fraction of sp³-hybridized carbons (Fsp3) is 0.730. The van der Waals surface area contributed by atoms with Crippen molar-refractivity contribution >= 4 is 23.5 Å². The molecule has 0 N–H and O–H groups in total. The van der Waals surface area contributed by atoms with Gasteiger partial charge in [0.15, 0.2) is 6.10 Å². The molecular weight excluding hydrogens is 851 g/mol. The molecule has 394 valence electrons. The topological polar surface area (TPSA) is 72.9 Å². The molecule has 1 aromatic carbocycles. The van der Waals surface area contributed by atoms with Crippen molar-refractivity contribution in [3.63, 3.8) is 0 Å². The minimum Gasteiger partial charge on any atom is -0.462 e. The Morgan fingerprint density at radius 2 is 0.768 bits per heavy atom. The molecule has 0 heterocycles. The molecule has 0 saturated heterocycles. The summed E-state index contributed by atoms with van der Waals surface area (Å²) in [5.74, 6) is -0.557. The monoisotopic (exact) mass is 958 g/mol. The lowest BCUT2D eigenvalue weighted by Crippen LogP contribution is -2.41. The van der Waals surface area contributed by atoms with Crippen LogP contribution < -0.4 is 4.90 Å². The third-order valence-corrected chi connectivity index (χ3v) is 13.1. The third kappa shape index (κ3) is 43.1. The second-order valence-electron chi connectivity index (χ2n) is 19.8. The molecule has 0 fully saturated rings. The molecule has 1 amide bonds. The van der Waals surface area contributed by atoms with E-state index >= 15 is 0 Å². The summed E-state index contributed by atoms with van der Waals surface area (Å²) in [6, 6.07) is 9.65. The van der Waals surface area contributed by atoms with Crippen molar-refractivity contribution in [3.05, 3.63) is 78.9 Å².